The second-order valence-electron chi connectivity index (χ2n) is 3.80. The number of carbonyl (C=O) groups excluding carboxylic acids is 2. The van der Waals surface area contributed by atoms with Gasteiger partial charge in [-0.2, -0.15) is 0 Å². The van der Waals surface area contributed by atoms with E-state index in [-0.39, 0.29) is 18.4 Å². The third kappa shape index (κ3) is 4.22. The molecule has 100 valence electrons. The van der Waals surface area contributed by atoms with Crippen molar-refractivity contribution in [3.05, 3.63) is 40.6 Å². The summed E-state index contributed by atoms with van der Waals surface area (Å²) in [5.41, 5.74) is 0. The zero-order chi connectivity index (χ0) is 13.5. The van der Waals surface area contributed by atoms with E-state index in [4.69, 9.17) is 0 Å². The molecule has 0 aliphatic carbocycles. The number of aromatic nitrogens is 2. The molecular formula is C12H14N4O2S. The average molecular weight is 278 g/mol. The van der Waals surface area contributed by atoms with E-state index >= 15 is 0 Å². The number of thiophene rings is 1. The summed E-state index contributed by atoms with van der Waals surface area (Å²) in [5, 5.41) is 7.09. The molecule has 6 nitrogen and oxygen atoms in total. The van der Waals surface area contributed by atoms with Crippen molar-refractivity contribution in [1.82, 2.24) is 20.6 Å². The van der Waals surface area contributed by atoms with Crippen LogP contribution in [0, 0.1) is 0 Å². The Morgan fingerprint density at radius 1 is 1.37 bits per heavy atom. The first kappa shape index (κ1) is 13.3. The van der Waals surface area contributed by atoms with Crippen LogP contribution < -0.4 is 10.6 Å². The van der Waals surface area contributed by atoms with Gasteiger partial charge in [0.05, 0.1) is 11.4 Å². The lowest BCUT2D eigenvalue weighted by Crippen LogP contribution is -2.37. The Balaban J connectivity index is 1.63. The molecule has 2 aromatic rings. The molecule has 0 saturated heterocycles. The van der Waals surface area contributed by atoms with Crippen molar-refractivity contribution < 1.29 is 9.59 Å². The molecule has 2 heterocycles. The van der Waals surface area contributed by atoms with Crippen molar-refractivity contribution in [3.8, 4) is 0 Å². The fourth-order valence-electron chi connectivity index (χ4n) is 1.47. The molecule has 0 radical (unpaired) electrons. The summed E-state index contributed by atoms with van der Waals surface area (Å²) in [6.45, 7) is 0.468. The predicted octanol–water partition coefficient (Wildman–Crippen LogP) is 0.560. The molecule has 19 heavy (non-hydrogen) atoms. The second kappa shape index (κ2) is 6.69. The molecule has 7 heteroatoms. The third-order valence-corrected chi connectivity index (χ3v) is 3.26. The van der Waals surface area contributed by atoms with Crippen LogP contribution in [0.3, 0.4) is 0 Å². The Kier molecular flexibility index (Phi) is 4.68. The van der Waals surface area contributed by atoms with Crippen LogP contribution in [0.1, 0.15) is 15.5 Å². The quantitative estimate of drug-likeness (QED) is 0.721. The van der Waals surface area contributed by atoms with Crippen LogP contribution >= 0.6 is 11.3 Å². The first-order chi connectivity index (χ1) is 9.25. The van der Waals surface area contributed by atoms with E-state index < -0.39 is 0 Å². The maximum absolute atomic E-state index is 11.6. The molecule has 2 rings (SSSR count). The SMILES string of the molecule is O=C(CNC(=O)c1cccs1)NCCc1ncc[nH]1. The van der Waals surface area contributed by atoms with Crippen molar-refractivity contribution >= 4 is 23.2 Å². The van der Waals surface area contributed by atoms with E-state index in [1.54, 1.807) is 24.5 Å². The van der Waals surface area contributed by atoms with Gasteiger partial charge < -0.3 is 15.6 Å². The van der Waals surface area contributed by atoms with E-state index in [1.807, 2.05) is 5.38 Å². The average Bonchev–Trinajstić information content (AvgIpc) is 3.08. The van der Waals surface area contributed by atoms with Crippen LogP contribution in [0.4, 0.5) is 0 Å². The third-order valence-electron chi connectivity index (χ3n) is 2.39. The highest BCUT2D eigenvalue weighted by molar-refractivity contribution is 7.12. The Hall–Kier alpha value is -2.15. The highest BCUT2D eigenvalue weighted by Crippen LogP contribution is 2.07. The Morgan fingerprint density at radius 3 is 2.95 bits per heavy atom. The number of hydrogen-bond acceptors (Lipinski definition) is 4. The Labute approximate surface area is 114 Å². The minimum absolute atomic E-state index is 0.0190. The van der Waals surface area contributed by atoms with Crippen LogP contribution in [0.25, 0.3) is 0 Å². The second-order valence-corrected chi connectivity index (χ2v) is 4.74. The van der Waals surface area contributed by atoms with Crippen LogP contribution in [0.15, 0.2) is 29.9 Å². The lowest BCUT2D eigenvalue weighted by molar-refractivity contribution is -0.120. The molecule has 2 aromatic heterocycles. The van der Waals surface area contributed by atoms with Gasteiger partial charge in [0.15, 0.2) is 0 Å². The number of hydrogen-bond donors (Lipinski definition) is 3. The topological polar surface area (TPSA) is 86.9 Å². The van der Waals surface area contributed by atoms with E-state index in [1.165, 1.54) is 11.3 Å². The van der Waals surface area contributed by atoms with Gasteiger partial charge >= 0.3 is 0 Å². The fourth-order valence-corrected chi connectivity index (χ4v) is 2.11. The summed E-state index contributed by atoms with van der Waals surface area (Å²) < 4.78 is 0. The summed E-state index contributed by atoms with van der Waals surface area (Å²) >= 11 is 1.34. The predicted molar refractivity (Wildman–Crippen MR) is 72.0 cm³/mol. The van der Waals surface area contributed by atoms with Crippen molar-refractivity contribution in [1.29, 1.82) is 0 Å². The van der Waals surface area contributed by atoms with Crippen LogP contribution in [0.5, 0.6) is 0 Å². The molecule has 2 amide bonds. The number of aromatic amines is 1. The first-order valence-electron chi connectivity index (χ1n) is 5.82. The van der Waals surface area contributed by atoms with Crippen LogP contribution in [0.2, 0.25) is 0 Å². The van der Waals surface area contributed by atoms with Gasteiger partial charge in [0, 0.05) is 25.4 Å². The van der Waals surface area contributed by atoms with Crippen molar-refractivity contribution in [2.45, 2.75) is 6.42 Å². The van der Waals surface area contributed by atoms with Crippen molar-refractivity contribution in [3.63, 3.8) is 0 Å². The fraction of sp³-hybridized carbons (Fsp3) is 0.250. The maximum Gasteiger partial charge on any atom is 0.261 e. The number of H-pyrrole nitrogens is 1. The van der Waals surface area contributed by atoms with Crippen LogP contribution in [-0.4, -0.2) is 34.9 Å². The summed E-state index contributed by atoms with van der Waals surface area (Å²) in [5.74, 6) is 0.385. The number of amides is 2. The number of nitrogens with zero attached hydrogens (tertiary/aromatic N) is 1. The number of rotatable bonds is 6. The van der Waals surface area contributed by atoms with Crippen molar-refractivity contribution in [2.75, 3.05) is 13.1 Å². The van der Waals surface area contributed by atoms with Gasteiger partial charge in [-0.05, 0) is 11.4 Å². The summed E-state index contributed by atoms with van der Waals surface area (Å²) in [7, 11) is 0. The largest absolute Gasteiger partial charge is 0.354 e. The van der Waals surface area contributed by atoms with Crippen molar-refractivity contribution in [2.24, 2.45) is 0 Å². The van der Waals surface area contributed by atoms with Gasteiger partial charge in [-0.25, -0.2) is 4.98 Å². The number of nitrogens with one attached hydrogen (secondary N) is 3. The number of imidazole rings is 1. The molecule has 0 atom stereocenters. The highest BCUT2D eigenvalue weighted by Gasteiger charge is 2.08. The van der Waals surface area contributed by atoms with Gasteiger partial charge in [-0.15, -0.1) is 11.3 Å². The Morgan fingerprint density at radius 2 is 2.26 bits per heavy atom. The summed E-state index contributed by atoms with van der Waals surface area (Å²) in [4.78, 5) is 30.7. The highest BCUT2D eigenvalue weighted by atomic mass is 32.1. The van der Waals surface area contributed by atoms with Gasteiger partial charge in [-0.3, -0.25) is 9.59 Å². The zero-order valence-electron chi connectivity index (χ0n) is 10.2. The van der Waals surface area contributed by atoms with E-state index in [0.29, 0.717) is 17.8 Å². The minimum Gasteiger partial charge on any atom is -0.354 e. The molecule has 0 spiro atoms. The van der Waals surface area contributed by atoms with Gasteiger partial charge in [0.25, 0.3) is 5.91 Å². The maximum atomic E-state index is 11.6. The summed E-state index contributed by atoms with van der Waals surface area (Å²) in [6, 6.07) is 3.51. The first-order valence-corrected chi connectivity index (χ1v) is 6.70. The molecular weight excluding hydrogens is 264 g/mol. The van der Waals surface area contributed by atoms with Crippen LogP contribution in [-0.2, 0) is 11.2 Å². The molecule has 0 aromatic carbocycles. The molecule has 0 saturated carbocycles. The van der Waals surface area contributed by atoms with Gasteiger partial charge in [-0.1, -0.05) is 6.07 Å². The molecule has 0 unspecified atom stereocenters. The number of carbonyl (C=O) groups is 2. The molecule has 3 N–H and O–H groups in total. The molecule has 0 fully saturated rings. The van der Waals surface area contributed by atoms with E-state index in [2.05, 4.69) is 20.6 Å². The summed E-state index contributed by atoms with van der Waals surface area (Å²) in [6.07, 6.45) is 4.04. The standard InChI is InChI=1S/C12H14N4O2S/c17-11(15-4-3-10-13-5-6-14-10)8-16-12(18)9-2-1-7-19-9/h1-2,5-7H,3-4,8H2,(H,13,14)(H,15,17)(H,16,18). The van der Waals surface area contributed by atoms with E-state index in [0.717, 1.165) is 5.82 Å². The minimum atomic E-state index is -0.226. The van der Waals surface area contributed by atoms with E-state index in [9.17, 15) is 9.59 Å². The zero-order valence-corrected chi connectivity index (χ0v) is 11.0. The molecule has 0 aliphatic heterocycles. The molecule has 0 aliphatic rings. The molecule has 0 bridgehead atoms. The lowest BCUT2D eigenvalue weighted by atomic mass is 10.4. The Bertz CT molecular complexity index is 522. The van der Waals surface area contributed by atoms with Gasteiger partial charge in [0.2, 0.25) is 5.91 Å². The monoisotopic (exact) mass is 278 g/mol. The van der Waals surface area contributed by atoms with Gasteiger partial charge in [0.1, 0.15) is 5.82 Å². The lowest BCUT2D eigenvalue weighted by Gasteiger charge is -2.05. The smallest absolute Gasteiger partial charge is 0.261 e. The normalized spacial score (nSPS) is 10.1.